The number of ether oxygens (including phenoxy) is 4. The van der Waals surface area contributed by atoms with Crippen LogP contribution in [-0.2, 0) is 43.6 Å². The van der Waals surface area contributed by atoms with E-state index in [9.17, 15) is 15.0 Å². The number of allylic oxidation sites excluding steroid dienone is 7. The molecular weight excluding hydrogens is 815 g/mol. The Morgan fingerprint density at radius 1 is 0.785 bits per heavy atom. The minimum absolute atomic E-state index is 0.0188. The Morgan fingerprint density at radius 2 is 1.38 bits per heavy atom. The van der Waals surface area contributed by atoms with Gasteiger partial charge in [0.2, 0.25) is 0 Å². The minimum atomic E-state index is -0.958. The molecule has 0 fully saturated rings. The lowest BCUT2D eigenvalue weighted by atomic mass is 9.88. The second-order valence-electron chi connectivity index (χ2n) is 16.9. The molecule has 7 atom stereocenters. The molecule has 4 rings (SSSR count). The van der Waals surface area contributed by atoms with Gasteiger partial charge in [0.15, 0.2) is 5.89 Å². The lowest BCUT2D eigenvalue weighted by molar-refractivity contribution is -0.131. The summed E-state index contributed by atoms with van der Waals surface area (Å²) in [5, 5.41) is 21.1. The van der Waals surface area contributed by atoms with E-state index in [4.69, 9.17) is 23.4 Å². The molecule has 0 unspecified atom stereocenters. The summed E-state index contributed by atoms with van der Waals surface area (Å²) in [6.45, 7) is 14.0. The lowest BCUT2D eigenvalue weighted by Crippen LogP contribution is -2.35. The van der Waals surface area contributed by atoms with Crippen LogP contribution in [0.25, 0.3) is 6.08 Å². The van der Waals surface area contributed by atoms with Crippen molar-refractivity contribution < 1.29 is 38.4 Å². The maximum atomic E-state index is 11.8. The molecule has 1 heterocycles. The number of oxazole rings is 1. The van der Waals surface area contributed by atoms with Crippen molar-refractivity contribution in [3.8, 4) is 0 Å². The van der Waals surface area contributed by atoms with Gasteiger partial charge in [0.05, 0.1) is 44.2 Å². The van der Waals surface area contributed by atoms with E-state index in [-0.39, 0.29) is 36.1 Å². The SMILES string of the molecule is CO[C@@H](/C(C)=C/C=C/C(C)=C/c1coc(C)n1)[C@@H](C)[C@H](O)C[C@H](OCc1ccccc1)/C(C)=C/C=C/[C@@H](C)[C@@H](C[C@@H](C/C=C/C(=O)O)CCOCc1ccccc1)OCc1ccccc1. The molecule has 9 heteroatoms. The molecule has 0 saturated carbocycles. The Labute approximate surface area is 387 Å². The summed E-state index contributed by atoms with van der Waals surface area (Å²) < 4.78 is 30.6. The Morgan fingerprint density at radius 3 is 1.97 bits per heavy atom. The highest BCUT2D eigenvalue weighted by Gasteiger charge is 2.29. The third kappa shape index (κ3) is 20.1. The van der Waals surface area contributed by atoms with Crippen LogP contribution in [0.1, 0.15) is 88.6 Å². The maximum Gasteiger partial charge on any atom is 0.327 e. The van der Waals surface area contributed by atoms with E-state index in [0.717, 1.165) is 51.9 Å². The van der Waals surface area contributed by atoms with Crippen LogP contribution >= 0.6 is 0 Å². The van der Waals surface area contributed by atoms with Crippen molar-refractivity contribution in [2.24, 2.45) is 17.8 Å². The first-order valence-electron chi connectivity index (χ1n) is 22.7. The van der Waals surface area contributed by atoms with E-state index in [1.807, 2.05) is 138 Å². The Bertz CT molecular complexity index is 2140. The first kappa shape index (κ1) is 52.2. The molecule has 0 bridgehead atoms. The van der Waals surface area contributed by atoms with Crippen LogP contribution in [0.2, 0.25) is 0 Å². The van der Waals surface area contributed by atoms with Gasteiger partial charge in [-0.3, -0.25) is 0 Å². The van der Waals surface area contributed by atoms with E-state index >= 15 is 0 Å². The number of methoxy groups -OCH3 is 1. The summed E-state index contributed by atoms with van der Waals surface area (Å²) in [5.74, 6) is -0.405. The Balaban J connectivity index is 1.49. The van der Waals surface area contributed by atoms with Crippen molar-refractivity contribution in [1.29, 1.82) is 0 Å². The molecule has 0 saturated heterocycles. The van der Waals surface area contributed by atoms with Gasteiger partial charge in [-0.25, -0.2) is 9.78 Å². The minimum Gasteiger partial charge on any atom is -0.478 e. The number of aliphatic carboxylic acids is 1. The number of carboxylic acids is 1. The van der Waals surface area contributed by atoms with Gasteiger partial charge in [-0.1, -0.05) is 147 Å². The maximum absolute atomic E-state index is 11.8. The molecule has 9 nitrogen and oxygen atoms in total. The van der Waals surface area contributed by atoms with Crippen molar-refractivity contribution in [2.75, 3.05) is 13.7 Å². The zero-order valence-electron chi connectivity index (χ0n) is 39.4. The van der Waals surface area contributed by atoms with Crippen LogP contribution in [0.4, 0.5) is 0 Å². The van der Waals surface area contributed by atoms with Crippen molar-refractivity contribution in [1.82, 2.24) is 4.98 Å². The largest absolute Gasteiger partial charge is 0.478 e. The number of rotatable bonds is 29. The molecule has 0 aliphatic carbocycles. The molecule has 0 spiro atoms. The monoisotopic (exact) mass is 886 g/mol. The topological polar surface area (TPSA) is 120 Å². The highest BCUT2D eigenvalue weighted by Crippen LogP contribution is 2.28. The molecule has 0 aliphatic heterocycles. The van der Waals surface area contributed by atoms with Gasteiger partial charge in [0.25, 0.3) is 0 Å². The molecular formula is C56H71NO8. The Kier molecular flexibility index (Phi) is 23.4. The van der Waals surface area contributed by atoms with E-state index < -0.39 is 12.1 Å². The number of benzene rings is 3. The van der Waals surface area contributed by atoms with Crippen molar-refractivity contribution in [2.45, 2.75) is 111 Å². The number of carbonyl (C=O) groups is 1. The van der Waals surface area contributed by atoms with E-state index in [2.05, 4.69) is 42.3 Å². The molecule has 0 amide bonds. The Hall–Kier alpha value is -5.42. The molecule has 1 aromatic heterocycles. The molecule has 2 N–H and O–H groups in total. The number of aliphatic hydroxyl groups is 1. The standard InChI is InChI=1S/C56H71NO8/c1-41(34-51-40-63-46(6)57-51)20-17-23-44(4)56(61-7)45(5)52(58)36-54(65-39-50-28-15-10-16-29-50)43(3)22-18-21-42(2)53(64-38-49-26-13-9-14-27-49)35-47(30-19-31-55(59)60)32-33-62-37-48-24-11-8-12-25-48/h8-29,31,34,40,42,45,47,52-54,56,58H,30,32-33,35-39H2,1-7H3,(H,59,60)/b20-17+,21-18+,31-19+,41-34+,43-22+,44-23+/t42-,45+,47+,52-,53-,54+,56+/m1/s1. The average molecular weight is 886 g/mol. The van der Waals surface area contributed by atoms with E-state index in [1.54, 1.807) is 19.4 Å². The van der Waals surface area contributed by atoms with Gasteiger partial charge < -0.3 is 33.6 Å². The summed E-state index contributed by atoms with van der Waals surface area (Å²) in [7, 11) is 1.68. The summed E-state index contributed by atoms with van der Waals surface area (Å²) in [6, 6.07) is 30.3. The summed E-state index contributed by atoms with van der Waals surface area (Å²) in [6.07, 6.45) is 19.8. The number of aryl methyl sites for hydroxylation is 1. The molecule has 3 aromatic carbocycles. The van der Waals surface area contributed by atoms with Crippen LogP contribution in [0, 0.1) is 24.7 Å². The van der Waals surface area contributed by atoms with Gasteiger partial charge in [-0.05, 0) is 85.4 Å². The predicted octanol–water partition coefficient (Wildman–Crippen LogP) is 12.2. The number of nitrogens with zero attached hydrogens (tertiary/aromatic N) is 1. The lowest BCUT2D eigenvalue weighted by Gasteiger charge is -2.30. The molecule has 0 radical (unpaired) electrons. The van der Waals surface area contributed by atoms with Crippen LogP contribution in [0.15, 0.2) is 167 Å². The number of aromatic nitrogens is 1. The van der Waals surface area contributed by atoms with Gasteiger partial charge in [-0.15, -0.1) is 0 Å². The highest BCUT2D eigenvalue weighted by molar-refractivity contribution is 5.79. The predicted molar refractivity (Wildman–Crippen MR) is 261 cm³/mol. The van der Waals surface area contributed by atoms with Gasteiger partial charge in [0.1, 0.15) is 12.0 Å². The fraction of sp³-hybridized carbons (Fsp3) is 0.393. The number of hydrogen-bond acceptors (Lipinski definition) is 8. The second-order valence-corrected chi connectivity index (χ2v) is 16.9. The zero-order chi connectivity index (χ0) is 46.8. The van der Waals surface area contributed by atoms with Gasteiger partial charge in [0, 0.05) is 45.0 Å². The third-order valence-electron chi connectivity index (χ3n) is 11.5. The summed E-state index contributed by atoms with van der Waals surface area (Å²) in [4.78, 5) is 15.7. The summed E-state index contributed by atoms with van der Waals surface area (Å²) in [5.41, 5.74) is 7.03. The normalized spacial score (nSPS) is 16.2. The van der Waals surface area contributed by atoms with Crippen molar-refractivity contribution in [3.63, 3.8) is 0 Å². The molecule has 348 valence electrons. The molecule has 4 aromatic rings. The molecule has 65 heavy (non-hydrogen) atoms. The van der Waals surface area contributed by atoms with Crippen LogP contribution in [0.5, 0.6) is 0 Å². The van der Waals surface area contributed by atoms with E-state index in [1.165, 1.54) is 6.08 Å². The van der Waals surface area contributed by atoms with Crippen molar-refractivity contribution in [3.05, 3.63) is 191 Å². The molecule has 0 aliphatic rings. The second kappa shape index (κ2) is 29.2. The van der Waals surface area contributed by atoms with Crippen molar-refractivity contribution >= 4 is 12.0 Å². The number of aliphatic hydroxyl groups excluding tert-OH is 1. The number of hydrogen-bond donors (Lipinski definition) is 2. The van der Waals surface area contributed by atoms with Crippen LogP contribution in [-0.4, -0.2) is 59.3 Å². The fourth-order valence-corrected chi connectivity index (χ4v) is 7.64. The zero-order valence-corrected chi connectivity index (χ0v) is 39.4. The average Bonchev–Trinajstić information content (AvgIpc) is 3.72. The van der Waals surface area contributed by atoms with Gasteiger partial charge >= 0.3 is 5.97 Å². The summed E-state index contributed by atoms with van der Waals surface area (Å²) >= 11 is 0. The first-order valence-corrected chi connectivity index (χ1v) is 22.7. The fourth-order valence-electron chi connectivity index (χ4n) is 7.64. The highest BCUT2D eigenvalue weighted by atomic mass is 16.5. The van der Waals surface area contributed by atoms with Crippen LogP contribution in [0.3, 0.4) is 0 Å². The quantitative estimate of drug-likeness (QED) is 0.0312. The van der Waals surface area contributed by atoms with Crippen LogP contribution < -0.4 is 0 Å². The van der Waals surface area contributed by atoms with Gasteiger partial charge in [-0.2, -0.15) is 0 Å². The number of carboxylic acid groups (broad SMARTS) is 1. The smallest absolute Gasteiger partial charge is 0.327 e. The third-order valence-corrected chi connectivity index (χ3v) is 11.5. The first-order chi connectivity index (χ1) is 31.4. The van der Waals surface area contributed by atoms with E-state index in [0.29, 0.717) is 45.2 Å².